The Morgan fingerprint density at radius 2 is 1.93 bits per heavy atom. The fourth-order valence-electron chi connectivity index (χ4n) is 3.62. The lowest BCUT2D eigenvalue weighted by Crippen LogP contribution is -2.40. The van der Waals surface area contributed by atoms with Gasteiger partial charge >= 0.3 is 5.97 Å². The van der Waals surface area contributed by atoms with Gasteiger partial charge in [-0.05, 0) is 37.9 Å². The first-order chi connectivity index (χ1) is 14.2. The van der Waals surface area contributed by atoms with Gasteiger partial charge in [-0.3, -0.25) is 9.69 Å². The smallest absolute Gasteiger partial charge is 0.310 e. The van der Waals surface area contributed by atoms with Crippen molar-refractivity contribution in [2.75, 3.05) is 32.8 Å². The molecule has 0 N–H and O–H groups in total. The Morgan fingerprint density at radius 1 is 1.17 bits per heavy atom. The van der Waals surface area contributed by atoms with Gasteiger partial charge in [0.1, 0.15) is 6.61 Å². The van der Waals surface area contributed by atoms with E-state index in [0.29, 0.717) is 18.2 Å². The fourth-order valence-corrected chi connectivity index (χ4v) is 3.86. The number of benzene rings is 2. The van der Waals surface area contributed by atoms with E-state index in [1.165, 1.54) is 0 Å². The van der Waals surface area contributed by atoms with E-state index >= 15 is 0 Å². The summed E-state index contributed by atoms with van der Waals surface area (Å²) >= 11 is 6.43. The Morgan fingerprint density at radius 3 is 2.69 bits per heavy atom. The molecule has 1 heterocycles. The first-order valence-electron chi connectivity index (χ1n) is 10.2. The molecule has 1 aliphatic rings. The summed E-state index contributed by atoms with van der Waals surface area (Å²) in [6, 6.07) is 17.9. The maximum Gasteiger partial charge on any atom is 0.310 e. The molecule has 5 heteroatoms. The Hall–Kier alpha value is -2.30. The quantitative estimate of drug-likeness (QED) is 0.346. The normalized spacial score (nSPS) is 17.7. The van der Waals surface area contributed by atoms with Gasteiger partial charge in [-0.15, -0.1) is 0 Å². The number of esters is 1. The molecule has 3 rings (SSSR count). The third-order valence-electron chi connectivity index (χ3n) is 5.10. The maximum atomic E-state index is 12.0. The van der Waals surface area contributed by atoms with E-state index in [9.17, 15) is 4.79 Å². The number of carbonyl (C=O) groups is 1. The highest BCUT2D eigenvalue weighted by molar-refractivity contribution is 6.32. The number of hydrogen-bond donors (Lipinski definition) is 0. The summed E-state index contributed by atoms with van der Waals surface area (Å²) in [5, 5.41) is 0.694. The van der Waals surface area contributed by atoms with Crippen LogP contribution in [0.2, 0.25) is 5.02 Å². The van der Waals surface area contributed by atoms with Gasteiger partial charge in [0.25, 0.3) is 0 Å². The van der Waals surface area contributed by atoms with Crippen molar-refractivity contribution in [2.24, 2.45) is 5.92 Å². The zero-order chi connectivity index (χ0) is 20.5. The van der Waals surface area contributed by atoms with E-state index in [4.69, 9.17) is 21.1 Å². The number of nitrogens with zero attached hydrogens (tertiary/aromatic N) is 1. The average Bonchev–Trinajstić information content (AvgIpc) is 2.76. The van der Waals surface area contributed by atoms with E-state index < -0.39 is 0 Å². The summed E-state index contributed by atoms with van der Waals surface area (Å²) in [5.41, 5.74) is 2.96. The highest BCUT2D eigenvalue weighted by atomic mass is 35.5. The van der Waals surface area contributed by atoms with Crippen LogP contribution in [0.15, 0.2) is 60.9 Å². The number of likely N-dealkylation sites (tertiary alicyclic amines) is 1. The van der Waals surface area contributed by atoms with Gasteiger partial charge in [0.2, 0.25) is 0 Å². The van der Waals surface area contributed by atoms with Crippen molar-refractivity contribution in [3.8, 4) is 0 Å². The van der Waals surface area contributed by atoms with Crippen molar-refractivity contribution in [3.05, 3.63) is 77.0 Å². The van der Waals surface area contributed by atoms with Crippen LogP contribution in [0.3, 0.4) is 0 Å². The maximum absolute atomic E-state index is 12.0. The Labute approximate surface area is 178 Å². The molecular formula is C24H28ClNO3. The number of rotatable bonds is 8. The molecule has 0 saturated carbocycles. The Bertz CT molecular complexity index is 822. The van der Waals surface area contributed by atoms with Crippen LogP contribution in [0.1, 0.15) is 30.9 Å². The molecule has 0 bridgehead atoms. The average molecular weight is 414 g/mol. The highest BCUT2D eigenvalue weighted by Gasteiger charge is 2.26. The van der Waals surface area contributed by atoms with Crippen LogP contribution in [-0.2, 0) is 14.3 Å². The molecular weight excluding hydrogens is 386 g/mol. The fraction of sp³-hybridized carbons (Fsp3) is 0.375. The van der Waals surface area contributed by atoms with Crippen molar-refractivity contribution < 1.29 is 14.3 Å². The summed E-state index contributed by atoms with van der Waals surface area (Å²) in [5.74, 6) is -0.106. The molecule has 1 saturated heterocycles. The van der Waals surface area contributed by atoms with Crippen LogP contribution in [0.5, 0.6) is 0 Å². The summed E-state index contributed by atoms with van der Waals surface area (Å²) in [4.78, 5) is 14.3. The van der Waals surface area contributed by atoms with Gasteiger partial charge in [-0.2, -0.15) is 0 Å². The topological polar surface area (TPSA) is 38.8 Å². The van der Waals surface area contributed by atoms with Crippen LogP contribution >= 0.6 is 11.6 Å². The molecule has 0 aromatic heterocycles. The predicted octanol–water partition coefficient (Wildman–Crippen LogP) is 5.02. The molecule has 1 aliphatic heterocycles. The Kier molecular flexibility index (Phi) is 8.14. The molecule has 4 nitrogen and oxygen atoms in total. The molecule has 2 aromatic carbocycles. The van der Waals surface area contributed by atoms with Crippen LogP contribution in [0.25, 0.3) is 5.57 Å². The van der Waals surface area contributed by atoms with Gasteiger partial charge in [-0.1, -0.05) is 60.1 Å². The minimum absolute atomic E-state index is 0.0257. The van der Waals surface area contributed by atoms with Crippen LogP contribution in [0.4, 0.5) is 0 Å². The molecule has 1 fully saturated rings. The molecule has 154 valence electrons. The number of piperidine rings is 1. The van der Waals surface area contributed by atoms with E-state index in [-0.39, 0.29) is 11.9 Å². The lowest BCUT2D eigenvalue weighted by molar-refractivity contribution is -0.150. The second-order valence-corrected chi connectivity index (χ2v) is 7.55. The van der Waals surface area contributed by atoms with Crippen molar-refractivity contribution in [3.63, 3.8) is 0 Å². The van der Waals surface area contributed by atoms with Gasteiger partial charge in [0.05, 0.1) is 18.8 Å². The van der Waals surface area contributed by atoms with Gasteiger partial charge in [0, 0.05) is 29.2 Å². The highest BCUT2D eigenvalue weighted by Crippen LogP contribution is 2.29. The molecule has 1 atom stereocenters. The molecule has 0 radical (unpaired) electrons. The molecule has 2 aromatic rings. The lowest BCUT2D eigenvalue weighted by atomic mass is 9.98. The van der Waals surface area contributed by atoms with Crippen molar-refractivity contribution in [2.45, 2.75) is 19.8 Å². The summed E-state index contributed by atoms with van der Waals surface area (Å²) in [7, 11) is 0. The lowest BCUT2D eigenvalue weighted by Gasteiger charge is -2.31. The first-order valence-corrected chi connectivity index (χ1v) is 10.6. The largest absolute Gasteiger partial charge is 0.499 e. The molecule has 0 aliphatic carbocycles. The zero-order valence-electron chi connectivity index (χ0n) is 16.9. The Balaban J connectivity index is 1.62. The van der Waals surface area contributed by atoms with Crippen LogP contribution in [0, 0.1) is 5.92 Å². The summed E-state index contributed by atoms with van der Waals surface area (Å²) in [6.45, 7) is 5.34. The summed E-state index contributed by atoms with van der Waals surface area (Å²) in [6.07, 6.45) is 3.71. The van der Waals surface area contributed by atoms with Crippen molar-refractivity contribution in [1.29, 1.82) is 0 Å². The zero-order valence-corrected chi connectivity index (χ0v) is 17.6. The molecule has 0 spiro atoms. The number of carbonyl (C=O) groups excluding carboxylic acids is 1. The number of ether oxygens (including phenoxy) is 2. The second-order valence-electron chi connectivity index (χ2n) is 7.14. The third-order valence-corrected chi connectivity index (χ3v) is 5.43. The standard InChI is InChI=1S/C24H28ClNO3/c1-2-29-24(27)20-11-8-14-26(17-20)15-16-28-18-22(19-9-4-3-5-10-19)21-12-6-7-13-23(21)25/h3-7,9-10,12-13,18,20H,2,8,11,14-17H2,1H3/b22-18-/t20-/m1/s1. The second kappa shape index (κ2) is 11.0. The minimum Gasteiger partial charge on any atom is -0.499 e. The van der Waals surface area contributed by atoms with Crippen molar-refractivity contribution in [1.82, 2.24) is 4.90 Å². The van der Waals surface area contributed by atoms with Gasteiger partial charge in [-0.25, -0.2) is 0 Å². The predicted molar refractivity (Wildman–Crippen MR) is 117 cm³/mol. The van der Waals surface area contributed by atoms with Crippen molar-refractivity contribution >= 4 is 23.1 Å². The van der Waals surface area contributed by atoms with Crippen LogP contribution < -0.4 is 0 Å². The third kappa shape index (κ3) is 6.09. The van der Waals surface area contributed by atoms with Crippen LogP contribution in [-0.4, -0.2) is 43.7 Å². The van der Waals surface area contributed by atoms with E-state index in [2.05, 4.69) is 4.90 Å². The number of halogens is 1. The number of hydrogen-bond acceptors (Lipinski definition) is 4. The molecule has 29 heavy (non-hydrogen) atoms. The summed E-state index contributed by atoms with van der Waals surface area (Å²) < 4.78 is 11.1. The van der Waals surface area contributed by atoms with Gasteiger partial charge in [0.15, 0.2) is 0 Å². The monoisotopic (exact) mass is 413 g/mol. The molecule has 0 amide bonds. The van der Waals surface area contributed by atoms with E-state index in [1.807, 2.05) is 61.5 Å². The molecule has 0 unspecified atom stereocenters. The SMILES string of the molecule is CCOC(=O)[C@@H]1CCCN(CCO/C=C(/c2ccccc2)c2ccccc2Cl)C1. The van der Waals surface area contributed by atoms with Gasteiger partial charge < -0.3 is 9.47 Å². The minimum atomic E-state index is -0.0805. The first kappa shape index (κ1) is 21.4. The van der Waals surface area contributed by atoms with E-state index in [0.717, 1.165) is 49.2 Å². The van der Waals surface area contributed by atoms with E-state index in [1.54, 1.807) is 6.26 Å².